The number of nitrogens with two attached hydrogens (primary N) is 1. The van der Waals surface area contributed by atoms with Crippen LogP contribution in [0.25, 0.3) is 0 Å². The fourth-order valence-corrected chi connectivity index (χ4v) is 1.25. The van der Waals surface area contributed by atoms with Gasteiger partial charge in [-0.15, -0.1) is 0 Å². The first-order valence-corrected chi connectivity index (χ1v) is 5.95. The molecule has 1 unspecified atom stereocenters. The number of hydrogen-bond acceptors (Lipinski definition) is 4. The van der Waals surface area contributed by atoms with Gasteiger partial charge in [0, 0.05) is 13.5 Å². The molecular formula is C12H24N2O3. The zero-order valence-electron chi connectivity index (χ0n) is 11.2. The summed E-state index contributed by atoms with van der Waals surface area (Å²) >= 11 is 0. The third kappa shape index (κ3) is 9.81. The van der Waals surface area contributed by atoms with Gasteiger partial charge in [0.1, 0.15) is 11.6 Å². The first-order chi connectivity index (χ1) is 7.72. The van der Waals surface area contributed by atoms with Crippen molar-refractivity contribution in [2.75, 3.05) is 6.54 Å². The standard InChI is InChI=1S/C12H24N2O3/c1-9(15)14-8-6-5-7-10(13)11(16)17-12(2,3)4/h10H,5-8,13H2,1-4H3,(H,14,15). The van der Waals surface area contributed by atoms with Crippen molar-refractivity contribution < 1.29 is 14.3 Å². The summed E-state index contributed by atoms with van der Waals surface area (Å²) in [5.74, 6) is -0.404. The fraction of sp³-hybridized carbons (Fsp3) is 0.833. The first kappa shape index (κ1) is 15.9. The largest absolute Gasteiger partial charge is 0.459 e. The molecule has 0 heterocycles. The number of hydrogen-bond donors (Lipinski definition) is 2. The first-order valence-electron chi connectivity index (χ1n) is 5.95. The van der Waals surface area contributed by atoms with Crippen LogP contribution in [0.1, 0.15) is 47.0 Å². The van der Waals surface area contributed by atoms with Crippen molar-refractivity contribution in [2.45, 2.75) is 58.6 Å². The van der Waals surface area contributed by atoms with Crippen LogP contribution in [0.4, 0.5) is 0 Å². The van der Waals surface area contributed by atoms with Gasteiger partial charge in [-0.25, -0.2) is 0 Å². The summed E-state index contributed by atoms with van der Waals surface area (Å²) in [4.78, 5) is 22.1. The predicted molar refractivity (Wildman–Crippen MR) is 66.4 cm³/mol. The van der Waals surface area contributed by atoms with Crippen LogP contribution in [0.3, 0.4) is 0 Å². The number of carbonyl (C=O) groups is 2. The van der Waals surface area contributed by atoms with Crippen molar-refractivity contribution in [3.8, 4) is 0 Å². The van der Waals surface area contributed by atoms with Gasteiger partial charge in [-0.05, 0) is 40.0 Å². The Kier molecular flexibility index (Phi) is 6.80. The van der Waals surface area contributed by atoms with Crippen molar-refractivity contribution in [1.82, 2.24) is 5.32 Å². The lowest BCUT2D eigenvalue weighted by Crippen LogP contribution is -2.37. The quantitative estimate of drug-likeness (QED) is 0.538. The Bertz CT molecular complexity index is 259. The molecule has 0 spiro atoms. The van der Waals surface area contributed by atoms with E-state index in [0.29, 0.717) is 13.0 Å². The smallest absolute Gasteiger partial charge is 0.323 e. The minimum Gasteiger partial charge on any atom is -0.459 e. The molecule has 0 aliphatic rings. The lowest BCUT2D eigenvalue weighted by Gasteiger charge is -2.22. The zero-order chi connectivity index (χ0) is 13.5. The molecule has 100 valence electrons. The van der Waals surface area contributed by atoms with Crippen LogP contribution in [0, 0.1) is 0 Å². The molecule has 5 heteroatoms. The van der Waals surface area contributed by atoms with Gasteiger partial charge in [-0.2, -0.15) is 0 Å². The number of esters is 1. The van der Waals surface area contributed by atoms with E-state index in [-0.39, 0.29) is 11.9 Å². The highest BCUT2D eigenvalue weighted by atomic mass is 16.6. The highest BCUT2D eigenvalue weighted by Gasteiger charge is 2.21. The number of nitrogens with one attached hydrogen (secondary N) is 1. The van der Waals surface area contributed by atoms with Gasteiger partial charge in [0.25, 0.3) is 0 Å². The molecule has 0 radical (unpaired) electrons. The fourth-order valence-electron chi connectivity index (χ4n) is 1.25. The van der Waals surface area contributed by atoms with Gasteiger partial charge >= 0.3 is 5.97 Å². The summed E-state index contributed by atoms with van der Waals surface area (Å²) < 4.78 is 5.16. The third-order valence-electron chi connectivity index (χ3n) is 2.03. The van der Waals surface area contributed by atoms with Crippen molar-refractivity contribution in [1.29, 1.82) is 0 Å². The van der Waals surface area contributed by atoms with Crippen LogP contribution in [-0.4, -0.2) is 30.1 Å². The minimum atomic E-state index is -0.577. The number of amides is 1. The maximum atomic E-state index is 11.5. The van der Waals surface area contributed by atoms with E-state index in [1.165, 1.54) is 6.92 Å². The minimum absolute atomic E-state index is 0.0403. The molecule has 0 fully saturated rings. The second-order valence-corrected chi connectivity index (χ2v) is 5.12. The molecule has 0 aliphatic carbocycles. The third-order valence-corrected chi connectivity index (χ3v) is 2.03. The molecule has 0 aliphatic heterocycles. The molecule has 3 N–H and O–H groups in total. The van der Waals surface area contributed by atoms with E-state index in [4.69, 9.17) is 10.5 Å². The van der Waals surface area contributed by atoms with E-state index in [2.05, 4.69) is 5.32 Å². The van der Waals surface area contributed by atoms with Gasteiger partial charge in [-0.3, -0.25) is 9.59 Å². The molecule has 5 nitrogen and oxygen atoms in total. The Morgan fingerprint density at radius 2 is 1.88 bits per heavy atom. The van der Waals surface area contributed by atoms with Crippen LogP contribution in [0.5, 0.6) is 0 Å². The molecule has 0 aromatic rings. The van der Waals surface area contributed by atoms with E-state index in [0.717, 1.165) is 12.8 Å². The maximum Gasteiger partial charge on any atom is 0.323 e. The summed E-state index contributed by atoms with van der Waals surface area (Å²) in [6.45, 7) is 7.54. The average Bonchev–Trinajstić information content (AvgIpc) is 2.13. The van der Waals surface area contributed by atoms with Crippen LogP contribution in [-0.2, 0) is 14.3 Å². The van der Waals surface area contributed by atoms with E-state index in [9.17, 15) is 9.59 Å². The van der Waals surface area contributed by atoms with Crippen LogP contribution in [0.15, 0.2) is 0 Å². The van der Waals surface area contributed by atoms with Crippen LogP contribution < -0.4 is 11.1 Å². The number of ether oxygens (including phenoxy) is 1. The zero-order valence-corrected chi connectivity index (χ0v) is 11.2. The normalized spacial score (nSPS) is 13.0. The average molecular weight is 244 g/mol. The molecule has 17 heavy (non-hydrogen) atoms. The highest BCUT2D eigenvalue weighted by molar-refractivity contribution is 5.75. The predicted octanol–water partition coefficient (Wildman–Crippen LogP) is 0.962. The second-order valence-electron chi connectivity index (χ2n) is 5.12. The van der Waals surface area contributed by atoms with E-state index < -0.39 is 11.6 Å². The number of unbranched alkanes of at least 4 members (excludes halogenated alkanes) is 1. The van der Waals surface area contributed by atoms with E-state index in [1.54, 1.807) is 0 Å². The van der Waals surface area contributed by atoms with Gasteiger partial charge < -0.3 is 15.8 Å². The monoisotopic (exact) mass is 244 g/mol. The maximum absolute atomic E-state index is 11.5. The molecule has 0 saturated heterocycles. The molecule has 0 aromatic carbocycles. The van der Waals surface area contributed by atoms with E-state index in [1.807, 2.05) is 20.8 Å². The Hall–Kier alpha value is -1.10. The lowest BCUT2D eigenvalue weighted by molar-refractivity contribution is -0.156. The highest BCUT2D eigenvalue weighted by Crippen LogP contribution is 2.10. The van der Waals surface area contributed by atoms with Crippen molar-refractivity contribution >= 4 is 11.9 Å². The molecule has 1 amide bonds. The van der Waals surface area contributed by atoms with Crippen molar-refractivity contribution in [2.24, 2.45) is 5.73 Å². The Morgan fingerprint density at radius 1 is 1.29 bits per heavy atom. The molecular weight excluding hydrogens is 220 g/mol. The Balaban J connectivity index is 3.68. The second kappa shape index (κ2) is 7.27. The van der Waals surface area contributed by atoms with Gasteiger partial charge in [0.15, 0.2) is 0 Å². The molecule has 0 aromatic heterocycles. The summed E-state index contributed by atoms with van der Waals surface area (Å²) in [6.07, 6.45) is 2.19. The van der Waals surface area contributed by atoms with Crippen molar-refractivity contribution in [3.63, 3.8) is 0 Å². The van der Waals surface area contributed by atoms with Crippen LogP contribution >= 0.6 is 0 Å². The van der Waals surface area contributed by atoms with Crippen LogP contribution in [0.2, 0.25) is 0 Å². The summed E-state index contributed by atoms with van der Waals surface area (Å²) in [5, 5.41) is 2.69. The topological polar surface area (TPSA) is 81.4 Å². The van der Waals surface area contributed by atoms with E-state index >= 15 is 0 Å². The van der Waals surface area contributed by atoms with Gasteiger partial charge in [0.05, 0.1) is 0 Å². The molecule has 0 saturated carbocycles. The Labute approximate surface area is 103 Å². The van der Waals surface area contributed by atoms with Crippen molar-refractivity contribution in [3.05, 3.63) is 0 Å². The number of rotatable bonds is 6. The molecule has 0 rings (SSSR count). The SMILES string of the molecule is CC(=O)NCCCCC(N)C(=O)OC(C)(C)C. The molecule has 1 atom stereocenters. The molecule has 0 bridgehead atoms. The summed E-state index contributed by atoms with van der Waals surface area (Å²) in [6, 6.07) is -0.577. The lowest BCUT2D eigenvalue weighted by atomic mass is 10.1. The van der Waals surface area contributed by atoms with Gasteiger partial charge in [0.2, 0.25) is 5.91 Å². The summed E-state index contributed by atoms with van der Waals surface area (Å²) in [5.41, 5.74) is 5.21. The summed E-state index contributed by atoms with van der Waals surface area (Å²) in [7, 11) is 0. The Morgan fingerprint density at radius 3 is 2.35 bits per heavy atom. The number of carbonyl (C=O) groups excluding carboxylic acids is 2. The van der Waals surface area contributed by atoms with Gasteiger partial charge in [-0.1, -0.05) is 0 Å².